The topological polar surface area (TPSA) is 17.1 Å². The van der Waals surface area contributed by atoms with Crippen molar-refractivity contribution in [2.45, 2.75) is 110 Å². The summed E-state index contributed by atoms with van der Waals surface area (Å²) in [7, 11) is 0. The summed E-state index contributed by atoms with van der Waals surface area (Å²) in [5.74, 6) is 0.571. The molecule has 0 aliphatic carbocycles. The molecule has 24 heavy (non-hydrogen) atoms. The predicted octanol–water partition coefficient (Wildman–Crippen LogP) is 7.79. The van der Waals surface area contributed by atoms with Crippen molar-refractivity contribution in [2.75, 3.05) is 0 Å². The number of hydrogen-bond donors (Lipinski definition) is 0. The van der Waals surface area contributed by atoms with Crippen molar-refractivity contribution >= 4 is 24.2 Å². The number of ketones is 1. The second-order valence-corrected chi connectivity index (χ2v) is 23.0. The van der Waals surface area contributed by atoms with Gasteiger partial charge in [0, 0.05) is 0 Å². The van der Waals surface area contributed by atoms with Crippen LogP contribution in [-0.2, 0) is 4.79 Å². The van der Waals surface area contributed by atoms with Gasteiger partial charge >= 0.3 is 157 Å². The van der Waals surface area contributed by atoms with Gasteiger partial charge in [0.05, 0.1) is 0 Å². The van der Waals surface area contributed by atoms with Gasteiger partial charge in [0.15, 0.2) is 0 Å². The summed E-state index contributed by atoms with van der Waals surface area (Å²) < 4.78 is 4.62. The van der Waals surface area contributed by atoms with Crippen LogP contribution in [0.25, 0.3) is 0 Å². The molecule has 2 heteroatoms. The van der Waals surface area contributed by atoms with Crippen LogP contribution in [0.2, 0.25) is 17.2 Å². The fraction of sp³-hybridized carbons (Fsp3) is 0.864. The Morgan fingerprint density at radius 3 is 1.67 bits per heavy atom. The normalized spacial score (nSPS) is 13.8. The fourth-order valence-corrected chi connectivity index (χ4v) is 22.3. The van der Waals surface area contributed by atoms with Gasteiger partial charge < -0.3 is 0 Å². The predicted molar refractivity (Wildman–Crippen MR) is 113 cm³/mol. The molecule has 142 valence electrons. The van der Waals surface area contributed by atoms with Gasteiger partial charge in [-0.05, 0) is 0 Å². The summed E-state index contributed by atoms with van der Waals surface area (Å²) in [6.07, 6.45) is 11.5. The number of Topliss-reactive ketones (excluding diaryl/α,β-unsaturated/α-hetero) is 1. The molecule has 0 bridgehead atoms. The second kappa shape index (κ2) is 12.5. The summed E-state index contributed by atoms with van der Waals surface area (Å²) in [5, 5.41) is 0. The summed E-state index contributed by atoms with van der Waals surface area (Å²) in [5.41, 5.74) is 0.106. The molecule has 0 amide bonds. The van der Waals surface area contributed by atoms with Crippen LogP contribution in [0.15, 0.2) is 12.7 Å². The number of hydrogen-bond acceptors (Lipinski definition) is 1. The van der Waals surface area contributed by atoms with E-state index in [9.17, 15) is 4.79 Å². The van der Waals surface area contributed by atoms with E-state index in [-0.39, 0.29) is 5.41 Å². The van der Waals surface area contributed by atoms with Gasteiger partial charge in [0.1, 0.15) is 0 Å². The van der Waals surface area contributed by atoms with Crippen LogP contribution in [0.3, 0.4) is 0 Å². The molecule has 0 saturated carbocycles. The molecule has 1 unspecified atom stereocenters. The molecule has 0 rings (SSSR count). The van der Waals surface area contributed by atoms with Gasteiger partial charge in [-0.3, -0.25) is 0 Å². The number of allylic oxidation sites excluding steroid dienone is 1. The Kier molecular flexibility index (Phi) is 12.7. The molecule has 0 fully saturated rings. The van der Waals surface area contributed by atoms with Crippen molar-refractivity contribution in [3.63, 3.8) is 0 Å². The van der Waals surface area contributed by atoms with Gasteiger partial charge in [-0.25, -0.2) is 0 Å². The monoisotopic (exact) mass is 444 g/mol. The Bertz CT molecular complexity index is 332. The third-order valence-corrected chi connectivity index (χ3v) is 22.7. The van der Waals surface area contributed by atoms with Crippen LogP contribution in [0.1, 0.15) is 92.9 Å². The Morgan fingerprint density at radius 2 is 1.38 bits per heavy atom. The maximum absolute atomic E-state index is 13.3. The zero-order valence-electron chi connectivity index (χ0n) is 17.5. The number of carbonyl (C=O) groups is 1. The van der Waals surface area contributed by atoms with Crippen LogP contribution < -0.4 is 0 Å². The second-order valence-electron chi connectivity index (χ2n) is 8.95. The van der Waals surface area contributed by atoms with Crippen LogP contribution in [0.5, 0.6) is 0 Å². The van der Waals surface area contributed by atoms with Gasteiger partial charge in [-0.2, -0.15) is 0 Å². The quantitative estimate of drug-likeness (QED) is 0.198. The van der Waals surface area contributed by atoms with Crippen molar-refractivity contribution in [3.05, 3.63) is 12.7 Å². The zero-order chi connectivity index (χ0) is 18.6. The summed E-state index contributed by atoms with van der Waals surface area (Å²) in [6.45, 7) is 17.5. The maximum atomic E-state index is 13.3. The van der Waals surface area contributed by atoms with E-state index in [1.807, 2.05) is 6.08 Å². The molecule has 0 aromatic rings. The Balaban J connectivity index is 5.63. The first kappa shape index (κ1) is 24.2. The van der Waals surface area contributed by atoms with Crippen molar-refractivity contribution in [2.24, 2.45) is 5.41 Å². The molecule has 0 aromatic heterocycles. The van der Waals surface area contributed by atoms with Gasteiger partial charge in [0.25, 0.3) is 0 Å². The molecular formula is C22H44OSn. The summed E-state index contributed by atoms with van der Waals surface area (Å²) >= 11 is -2.51. The van der Waals surface area contributed by atoms with E-state index in [4.69, 9.17) is 0 Å². The standard InChI is InChI=1S/C10H17O.3C4H9.Sn/c1-5-6-7-9(11)8-10(2,3)4;3*1-3-4-2;/h5,7H,1,6,8H2,2-4H3;3*1,3-4H2,2H3;. The van der Waals surface area contributed by atoms with E-state index < -0.39 is 18.4 Å². The molecule has 1 nitrogen and oxygen atoms in total. The zero-order valence-corrected chi connectivity index (χ0v) is 20.4. The Morgan fingerprint density at radius 1 is 0.958 bits per heavy atom. The van der Waals surface area contributed by atoms with Crippen molar-refractivity contribution < 1.29 is 4.79 Å². The minimum absolute atomic E-state index is 0.106. The molecule has 0 aromatic carbocycles. The summed E-state index contributed by atoms with van der Waals surface area (Å²) in [4.78, 5) is 13.3. The molecule has 0 saturated heterocycles. The molecule has 0 spiro atoms. The van der Waals surface area contributed by atoms with Crippen molar-refractivity contribution in [1.29, 1.82) is 0 Å². The minimum atomic E-state index is -2.51. The van der Waals surface area contributed by atoms with Gasteiger partial charge in [-0.15, -0.1) is 0 Å². The molecule has 0 aliphatic rings. The molecule has 0 heterocycles. The van der Waals surface area contributed by atoms with E-state index in [1.54, 1.807) is 0 Å². The van der Waals surface area contributed by atoms with Gasteiger partial charge in [0.2, 0.25) is 0 Å². The van der Waals surface area contributed by atoms with E-state index in [0.717, 1.165) is 12.8 Å². The molecule has 0 aliphatic heterocycles. The fourth-order valence-electron chi connectivity index (χ4n) is 4.02. The van der Waals surface area contributed by atoms with E-state index in [0.29, 0.717) is 9.72 Å². The van der Waals surface area contributed by atoms with Crippen molar-refractivity contribution in [3.8, 4) is 0 Å². The number of rotatable bonds is 14. The van der Waals surface area contributed by atoms with E-state index in [2.05, 4.69) is 48.1 Å². The molecular weight excluding hydrogens is 399 g/mol. The third-order valence-electron chi connectivity index (χ3n) is 5.32. The SMILES string of the molecule is C=CC[CH](C(=O)CC(C)(C)C)[Sn]([CH2]CCC)([CH2]CCC)[CH2]CCC. The average molecular weight is 443 g/mol. The summed E-state index contributed by atoms with van der Waals surface area (Å²) in [6, 6.07) is 0. The van der Waals surface area contributed by atoms with Crippen LogP contribution in [0.4, 0.5) is 0 Å². The first-order valence-electron chi connectivity index (χ1n) is 10.4. The first-order chi connectivity index (χ1) is 11.3. The van der Waals surface area contributed by atoms with Crippen LogP contribution >= 0.6 is 0 Å². The van der Waals surface area contributed by atoms with Crippen molar-refractivity contribution in [1.82, 2.24) is 0 Å². The first-order valence-corrected chi connectivity index (χ1v) is 18.1. The Hall–Kier alpha value is 0.209. The Labute approximate surface area is 156 Å². The van der Waals surface area contributed by atoms with E-state index >= 15 is 0 Å². The third kappa shape index (κ3) is 9.06. The van der Waals surface area contributed by atoms with Crippen LogP contribution in [-0.4, -0.2) is 24.2 Å². The average Bonchev–Trinajstić information content (AvgIpc) is 2.51. The van der Waals surface area contributed by atoms with Crippen LogP contribution in [0, 0.1) is 5.41 Å². The molecule has 1 atom stereocenters. The van der Waals surface area contributed by atoms with Gasteiger partial charge in [-0.1, -0.05) is 0 Å². The number of carbonyl (C=O) groups excluding carboxylic acids is 1. The molecule has 0 N–H and O–H groups in total. The molecule has 0 radical (unpaired) electrons. The van der Waals surface area contributed by atoms with E-state index in [1.165, 1.54) is 51.8 Å². The number of unbranched alkanes of at least 4 members (excludes halogenated alkanes) is 3.